The van der Waals surface area contributed by atoms with Crippen molar-refractivity contribution in [3.63, 3.8) is 0 Å². The molecule has 0 rings (SSSR count). The fraction of sp³-hybridized carbons (Fsp3) is 0.778. The van der Waals surface area contributed by atoms with Gasteiger partial charge in [0.25, 0.3) is 0 Å². The number of halogens is 1. The predicted molar refractivity (Wildman–Crippen MR) is 48.0 cm³/mol. The first kappa shape index (κ1) is 14.7. The molecule has 0 radical (unpaired) electrons. The van der Waals surface area contributed by atoms with Gasteiger partial charge in [0.05, 0.1) is 0 Å². The molecule has 0 unspecified atom stereocenters. The van der Waals surface area contributed by atoms with Crippen molar-refractivity contribution in [1.82, 2.24) is 0 Å². The normalized spacial score (nSPS) is 10.6. The van der Waals surface area contributed by atoms with Crippen molar-refractivity contribution < 1.29 is 26.5 Å². The van der Waals surface area contributed by atoms with Gasteiger partial charge < -0.3 is 17.0 Å². The Bertz CT molecular complexity index is 113. The summed E-state index contributed by atoms with van der Waals surface area (Å²) in [6, 6.07) is 0. The third kappa shape index (κ3) is 4.24. The maximum absolute atomic E-state index is 5.63. The van der Waals surface area contributed by atoms with Gasteiger partial charge in [-0.25, -0.2) is 4.84 Å². The van der Waals surface area contributed by atoms with Crippen LogP contribution in [0.5, 0.6) is 0 Å². The summed E-state index contributed by atoms with van der Waals surface area (Å²) in [4.78, 5) is 5.63. The molecule has 0 fully saturated rings. The maximum atomic E-state index is 5.63. The molecule has 12 heavy (non-hydrogen) atoms. The second-order valence-electron chi connectivity index (χ2n) is 2.58. The minimum absolute atomic E-state index is 0. The van der Waals surface area contributed by atoms with E-state index in [2.05, 4.69) is 20.4 Å². The van der Waals surface area contributed by atoms with Crippen molar-refractivity contribution in [3.8, 4) is 0 Å². The van der Waals surface area contributed by atoms with Gasteiger partial charge >= 0.3 is 0 Å². The molecule has 0 heterocycles. The zero-order chi connectivity index (χ0) is 8.74. The Morgan fingerprint density at radius 3 is 2.00 bits per heavy atom. The number of rotatable bonds is 6. The number of hydrogen-bond acceptors (Lipinski definition) is 1. The topological polar surface area (TPSA) is 9.23 Å². The molecule has 0 aliphatic rings. The molecule has 0 N–H and O–H groups in total. The zero-order valence-corrected chi connectivity index (χ0v) is 9.93. The Hall–Kier alpha value is 0.140. The molecule has 0 aromatic heterocycles. The molecule has 3 heteroatoms. The molecule has 0 spiro atoms. The molecule has 0 amide bonds. The summed E-state index contributed by atoms with van der Waals surface area (Å²) in [5.74, 6) is 0. The summed E-state index contributed by atoms with van der Waals surface area (Å²) in [6.07, 6.45) is 1.92. The highest BCUT2D eigenvalue weighted by Crippen LogP contribution is 2.06. The average molecular weight is 238 g/mol. The third-order valence-corrected chi connectivity index (χ3v) is 2.02. The van der Waals surface area contributed by atoms with Crippen LogP contribution >= 0.6 is 0 Å². The van der Waals surface area contributed by atoms with E-state index in [0.717, 1.165) is 26.2 Å². The zero-order valence-electron chi connectivity index (χ0n) is 8.35. The van der Waals surface area contributed by atoms with Crippen LogP contribution in [0.4, 0.5) is 0 Å². The van der Waals surface area contributed by atoms with E-state index in [1.807, 2.05) is 13.0 Å². The van der Waals surface area contributed by atoms with E-state index < -0.39 is 0 Å². The summed E-state index contributed by atoms with van der Waals surface area (Å²) >= 11 is 0. The fourth-order valence-electron chi connectivity index (χ4n) is 1.23. The van der Waals surface area contributed by atoms with Crippen LogP contribution < -0.4 is 17.0 Å². The monoisotopic (exact) mass is 237 g/mol. The van der Waals surface area contributed by atoms with Crippen molar-refractivity contribution >= 4 is 0 Å². The number of hydrogen-bond donors (Lipinski definition) is 0. The molecule has 0 aliphatic heterocycles. The van der Waals surface area contributed by atoms with Gasteiger partial charge in [0.1, 0.15) is 26.2 Å². The van der Waals surface area contributed by atoms with Gasteiger partial charge in [-0.3, -0.25) is 0 Å². The number of likely N-dealkylation sites (N-methyl/N-ethyl adjacent to an activating group) is 1. The van der Waals surface area contributed by atoms with Crippen molar-refractivity contribution in [2.75, 3.05) is 26.2 Å². The lowest BCUT2D eigenvalue weighted by Crippen LogP contribution is -3.00. The van der Waals surface area contributed by atoms with Crippen LogP contribution in [-0.2, 0) is 4.84 Å². The lowest BCUT2D eigenvalue weighted by molar-refractivity contribution is -1.10. The molecule has 0 aromatic carbocycles. The van der Waals surface area contributed by atoms with Crippen LogP contribution in [-0.4, -0.2) is 30.9 Å². The predicted octanol–water partition coefficient (Wildman–Crippen LogP) is -1.02. The van der Waals surface area contributed by atoms with E-state index in [1.54, 1.807) is 0 Å². The molecule has 0 saturated heterocycles. The quantitative estimate of drug-likeness (QED) is 0.327. The number of quaternary nitrogens is 1. The molecule has 0 atom stereocenters. The number of nitrogens with zero attached hydrogens (tertiary/aromatic N) is 1. The van der Waals surface area contributed by atoms with Gasteiger partial charge in [0.15, 0.2) is 0 Å². The third-order valence-electron chi connectivity index (χ3n) is 2.02. The highest BCUT2D eigenvalue weighted by atomic mass is 79.9. The lowest BCUT2D eigenvalue weighted by Gasteiger charge is -2.31. The Kier molecular flexibility index (Phi) is 9.49. The van der Waals surface area contributed by atoms with Gasteiger partial charge in [0, 0.05) is 0 Å². The van der Waals surface area contributed by atoms with Crippen LogP contribution in [0.3, 0.4) is 0 Å². The van der Waals surface area contributed by atoms with Gasteiger partial charge in [-0.05, 0) is 26.8 Å². The van der Waals surface area contributed by atoms with Gasteiger partial charge in [0.2, 0.25) is 0 Å². The van der Waals surface area contributed by atoms with E-state index in [1.165, 1.54) is 0 Å². The summed E-state index contributed by atoms with van der Waals surface area (Å²) < 4.78 is 0.708. The molecule has 0 aromatic rings. The second-order valence-corrected chi connectivity index (χ2v) is 2.58. The lowest BCUT2D eigenvalue weighted by atomic mass is 10.4. The van der Waals surface area contributed by atoms with E-state index in [9.17, 15) is 0 Å². The minimum Gasteiger partial charge on any atom is -1.00 e. The Morgan fingerprint density at radius 1 is 1.25 bits per heavy atom. The number of hydroxylamine groups is 3. The van der Waals surface area contributed by atoms with E-state index in [0.29, 0.717) is 4.65 Å². The standard InChI is InChI=1S/C9H20NO.BrH/c1-5-9-10(6-2,7-3)11-8-4;/h5H,1,6-9H2,2-4H3;1H/q+1;/p-1. The van der Waals surface area contributed by atoms with E-state index in [-0.39, 0.29) is 17.0 Å². The summed E-state index contributed by atoms with van der Waals surface area (Å²) in [6.45, 7) is 13.7. The molecule has 0 saturated carbocycles. The highest BCUT2D eigenvalue weighted by Gasteiger charge is 2.22. The fourth-order valence-corrected chi connectivity index (χ4v) is 1.23. The minimum atomic E-state index is 0. The van der Waals surface area contributed by atoms with Crippen LogP contribution in [0.25, 0.3) is 0 Å². The summed E-state index contributed by atoms with van der Waals surface area (Å²) in [5.41, 5.74) is 0. The average Bonchev–Trinajstić information content (AvgIpc) is 2.04. The van der Waals surface area contributed by atoms with E-state index in [4.69, 9.17) is 4.84 Å². The van der Waals surface area contributed by atoms with Crippen LogP contribution in [0.2, 0.25) is 0 Å². The van der Waals surface area contributed by atoms with Crippen LogP contribution in [0.15, 0.2) is 12.7 Å². The van der Waals surface area contributed by atoms with Gasteiger partial charge in [-0.15, -0.1) is 0 Å². The van der Waals surface area contributed by atoms with Gasteiger partial charge in [-0.1, -0.05) is 6.58 Å². The maximum Gasteiger partial charge on any atom is 0.127 e. The first-order valence-electron chi connectivity index (χ1n) is 4.36. The van der Waals surface area contributed by atoms with Crippen molar-refractivity contribution in [1.29, 1.82) is 0 Å². The van der Waals surface area contributed by atoms with Crippen molar-refractivity contribution in [3.05, 3.63) is 12.7 Å². The molecule has 0 bridgehead atoms. The smallest absolute Gasteiger partial charge is 0.127 e. The SMILES string of the molecule is C=CC[N+](CC)(CC)OCC.[Br-]. The Balaban J connectivity index is 0. The van der Waals surface area contributed by atoms with Crippen molar-refractivity contribution in [2.45, 2.75) is 20.8 Å². The van der Waals surface area contributed by atoms with Crippen molar-refractivity contribution in [2.24, 2.45) is 0 Å². The summed E-state index contributed by atoms with van der Waals surface area (Å²) in [5, 5.41) is 0. The molecular formula is C9H20BrNO. The van der Waals surface area contributed by atoms with E-state index >= 15 is 0 Å². The highest BCUT2D eigenvalue weighted by molar-refractivity contribution is 4.63. The molecule has 0 aliphatic carbocycles. The Morgan fingerprint density at radius 2 is 1.75 bits per heavy atom. The molecule has 2 nitrogen and oxygen atoms in total. The molecular weight excluding hydrogens is 218 g/mol. The summed E-state index contributed by atoms with van der Waals surface area (Å²) in [7, 11) is 0. The molecule has 74 valence electrons. The Labute approximate surface area is 86.5 Å². The first-order chi connectivity index (χ1) is 5.24. The van der Waals surface area contributed by atoms with Crippen LogP contribution in [0, 0.1) is 0 Å². The van der Waals surface area contributed by atoms with Gasteiger partial charge in [-0.2, -0.15) is 4.65 Å². The largest absolute Gasteiger partial charge is 1.00 e. The second kappa shape index (κ2) is 7.77. The van der Waals surface area contributed by atoms with Crippen LogP contribution in [0.1, 0.15) is 20.8 Å². The first-order valence-corrected chi connectivity index (χ1v) is 4.36.